The maximum atomic E-state index is 13.2. The first kappa shape index (κ1) is 12.8. The maximum absolute atomic E-state index is 13.2. The number of fused-ring (bicyclic) bond motifs is 1. The van der Waals surface area contributed by atoms with E-state index >= 15 is 0 Å². The van der Waals surface area contributed by atoms with Crippen LogP contribution in [-0.4, -0.2) is 23.4 Å². The van der Waals surface area contributed by atoms with Crippen LogP contribution in [0.5, 0.6) is 0 Å². The minimum absolute atomic E-state index is 0.0530. The fraction of sp³-hybridized carbons (Fsp3) is 0.357. The Morgan fingerprint density at radius 1 is 1.50 bits per heavy atom. The Hall–Kier alpha value is -1.68. The molecular formula is C14H17FN2O. The van der Waals surface area contributed by atoms with Crippen molar-refractivity contribution in [2.45, 2.75) is 19.4 Å². The van der Waals surface area contributed by atoms with E-state index in [4.69, 9.17) is 0 Å². The monoisotopic (exact) mass is 248 g/mol. The smallest absolute Gasteiger partial charge is 0.181 e. The van der Waals surface area contributed by atoms with E-state index in [-0.39, 0.29) is 17.6 Å². The van der Waals surface area contributed by atoms with Crippen LogP contribution in [0, 0.1) is 5.82 Å². The summed E-state index contributed by atoms with van der Waals surface area (Å²) in [5, 5.41) is 3.81. The molecule has 18 heavy (non-hydrogen) atoms. The molecule has 0 bridgehead atoms. The largest absolute Gasteiger partial charge is 0.350 e. The van der Waals surface area contributed by atoms with Crippen LogP contribution in [0.25, 0.3) is 10.9 Å². The molecule has 1 N–H and O–H groups in total. The highest BCUT2D eigenvalue weighted by Gasteiger charge is 2.20. The van der Waals surface area contributed by atoms with Gasteiger partial charge < -0.3 is 9.88 Å². The summed E-state index contributed by atoms with van der Waals surface area (Å²) in [6, 6.07) is 4.31. The third kappa shape index (κ3) is 2.04. The van der Waals surface area contributed by atoms with E-state index < -0.39 is 0 Å². The van der Waals surface area contributed by atoms with Gasteiger partial charge >= 0.3 is 0 Å². The van der Waals surface area contributed by atoms with E-state index in [0.717, 1.165) is 17.3 Å². The number of hydrogen-bond acceptors (Lipinski definition) is 2. The average Bonchev–Trinajstić information content (AvgIpc) is 2.68. The van der Waals surface area contributed by atoms with Crippen LogP contribution in [0.4, 0.5) is 4.39 Å². The first-order valence-corrected chi connectivity index (χ1v) is 6.04. The number of ketones is 1. The van der Waals surface area contributed by atoms with Gasteiger partial charge in [0, 0.05) is 24.2 Å². The van der Waals surface area contributed by atoms with Crippen molar-refractivity contribution in [3.63, 3.8) is 0 Å². The molecule has 0 saturated carbocycles. The van der Waals surface area contributed by atoms with Crippen molar-refractivity contribution in [3.05, 3.63) is 35.8 Å². The summed E-state index contributed by atoms with van der Waals surface area (Å²) in [4.78, 5) is 12.3. The zero-order chi connectivity index (χ0) is 13.3. The van der Waals surface area contributed by atoms with Gasteiger partial charge in [-0.05, 0) is 31.7 Å². The number of benzene rings is 1. The minimum Gasteiger partial charge on any atom is -0.350 e. The molecule has 1 atom stereocenters. The number of likely N-dealkylation sites (N-methyl/N-ethyl adjacent to an activating group) is 1. The second kappa shape index (κ2) is 4.90. The van der Waals surface area contributed by atoms with Gasteiger partial charge in [0.15, 0.2) is 5.78 Å². The Labute approximate surface area is 106 Å². The van der Waals surface area contributed by atoms with Crippen molar-refractivity contribution in [3.8, 4) is 0 Å². The molecule has 0 aliphatic rings. The zero-order valence-corrected chi connectivity index (χ0v) is 10.8. The molecule has 1 aromatic carbocycles. The molecule has 4 heteroatoms. The predicted molar refractivity (Wildman–Crippen MR) is 70.3 cm³/mol. The lowest BCUT2D eigenvalue weighted by Crippen LogP contribution is -2.33. The Bertz CT molecular complexity index is 585. The number of aryl methyl sites for hydroxylation is 1. The summed E-state index contributed by atoms with van der Waals surface area (Å²) < 4.78 is 15.0. The minimum atomic E-state index is -0.289. The Morgan fingerprint density at radius 2 is 2.22 bits per heavy atom. The Morgan fingerprint density at radius 3 is 2.83 bits per heavy atom. The second-order valence-corrected chi connectivity index (χ2v) is 4.43. The van der Waals surface area contributed by atoms with Crippen LogP contribution in [0.15, 0.2) is 24.4 Å². The number of hydrogen-bond donors (Lipinski definition) is 1. The summed E-state index contributed by atoms with van der Waals surface area (Å²) in [6.07, 6.45) is 2.50. The van der Waals surface area contributed by atoms with Crippen molar-refractivity contribution >= 4 is 16.7 Å². The third-order valence-corrected chi connectivity index (χ3v) is 3.29. The van der Waals surface area contributed by atoms with E-state index in [1.54, 1.807) is 23.9 Å². The molecule has 1 heterocycles. The third-order valence-electron chi connectivity index (χ3n) is 3.29. The molecule has 1 unspecified atom stereocenters. The molecule has 2 rings (SSSR count). The topological polar surface area (TPSA) is 34.0 Å². The number of rotatable bonds is 4. The number of aromatic nitrogens is 1. The molecule has 0 saturated heterocycles. The van der Waals surface area contributed by atoms with Gasteiger partial charge in [-0.3, -0.25) is 4.79 Å². The van der Waals surface area contributed by atoms with Crippen LogP contribution in [0.3, 0.4) is 0 Å². The highest BCUT2D eigenvalue weighted by molar-refractivity contribution is 6.10. The molecule has 0 amide bonds. The van der Waals surface area contributed by atoms with E-state index in [2.05, 4.69) is 5.32 Å². The SMILES string of the molecule is CCC(NC)C(=O)c1cn(C)c2cc(F)ccc12. The average molecular weight is 248 g/mol. The number of nitrogens with zero attached hydrogens (tertiary/aromatic N) is 1. The number of Topliss-reactive ketones (excluding diaryl/α,β-unsaturated/α-hetero) is 1. The van der Waals surface area contributed by atoms with E-state index in [1.165, 1.54) is 12.1 Å². The van der Waals surface area contributed by atoms with E-state index in [0.29, 0.717) is 5.56 Å². The molecule has 0 radical (unpaired) electrons. The fourth-order valence-electron chi connectivity index (χ4n) is 2.26. The van der Waals surface area contributed by atoms with Crippen LogP contribution in [-0.2, 0) is 7.05 Å². The molecule has 0 aliphatic carbocycles. The first-order valence-electron chi connectivity index (χ1n) is 6.04. The van der Waals surface area contributed by atoms with Crippen LogP contribution in [0.2, 0.25) is 0 Å². The standard InChI is InChI=1S/C14H17FN2O/c1-4-12(16-2)14(18)11-8-17(3)13-7-9(15)5-6-10(11)13/h5-8,12,16H,4H2,1-3H3. The van der Waals surface area contributed by atoms with Gasteiger partial charge in [0.1, 0.15) is 5.82 Å². The van der Waals surface area contributed by atoms with Gasteiger partial charge in [0.05, 0.1) is 11.6 Å². The Kier molecular flexibility index (Phi) is 3.48. The number of nitrogens with one attached hydrogen (secondary N) is 1. The lowest BCUT2D eigenvalue weighted by Gasteiger charge is -2.11. The molecule has 2 aromatic rings. The van der Waals surface area contributed by atoms with Crippen LogP contribution < -0.4 is 5.32 Å². The van der Waals surface area contributed by atoms with E-state index in [1.807, 2.05) is 14.0 Å². The molecule has 0 aliphatic heterocycles. The summed E-state index contributed by atoms with van der Waals surface area (Å²) in [7, 11) is 3.59. The van der Waals surface area contributed by atoms with Crippen molar-refractivity contribution < 1.29 is 9.18 Å². The van der Waals surface area contributed by atoms with Gasteiger partial charge in [0.2, 0.25) is 0 Å². The lowest BCUT2D eigenvalue weighted by molar-refractivity contribution is 0.0946. The molecular weight excluding hydrogens is 231 g/mol. The quantitative estimate of drug-likeness (QED) is 0.843. The lowest BCUT2D eigenvalue weighted by atomic mass is 10.0. The van der Waals surface area contributed by atoms with E-state index in [9.17, 15) is 9.18 Å². The van der Waals surface area contributed by atoms with Crippen molar-refractivity contribution in [1.82, 2.24) is 9.88 Å². The number of carbonyl (C=O) groups excluding carboxylic acids is 1. The Balaban J connectivity index is 2.55. The zero-order valence-electron chi connectivity index (χ0n) is 10.8. The van der Waals surface area contributed by atoms with Gasteiger partial charge in [-0.15, -0.1) is 0 Å². The highest BCUT2D eigenvalue weighted by atomic mass is 19.1. The van der Waals surface area contributed by atoms with Gasteiger partial charge in [-0.25, -0.2) is 4.39 Å². The highest BCUT2D eigenvalue weighted by Crippen LogP contribution is 2.23. The van der Waals surface area contributed by atoms with Gasteiger partial charge in [-0.2, -0.15) is 0 Å². The maximum Gasteiger partial charge on any atom is 0.181 e. The van der Waals surface area contributed by atoms with Crippen molar-refractivity contribution in [2.75, 3.05) is 7.05 Å². The van der Waals surface area contributed by atoms with Crippen LogP contribution in [0.1, 0.15) is 23.7 Å². The molecule has 0 fully saturated rings. The molecule has 3 nitrogen and oxygen atoms in total. The van der Waals surface area contributed by atoms with Crippen molar-refractivity contribution in [2.24, 2.45) is 7.05 Å². The fourth-order valence-corrected chi connectivity index (χ4v) is 2.26. The number of carbonyl (C=O) groups is 1. The normalized spacial score (nSPS) is 12.9. The molecule has 1 aromatic heterocycles. The predicted octanol–water partition coefficient (Wildman–Crippen LogP) is 2.50. The van der Waals surface area contributed by atoms with Gasteiger partial charge in [-0.1, -0.05) is 6.92 Å². The van der Waals surface area contributed by atoms with Gasteiger partial charge in [0.25, 0.3) is 0 Å². The number of halogens is 1. The molecule has 96 valence electrons. The summed E-state index contributed by atoms with van der Waals surface area (Å²) in [5.74, 6) is -0.236. The first-order chi connectivity index (χ1) is 8.58. The second-order valence-electron chi connectivity index (χ2n) is 4.43. The summed E-state index contributed by atoms with van der Waals surface area (Å²) in [6.45, 7) is 1.96. The van der Waals surface area contributed by atoms with Crippen molar-refractivity contribution in [1.29, 1.82) is 0 Å². The summed E-state index contributed by atoms with van der Waals surface area (Å²) in [5.41, 5.74) is 1.39. The summed E-state index contributed by atoms with van der Waals surface area (Å²) >= 11 is 0. The van der Waals surface area contributed by atoms with Crippen LogP contribution >= 0.6 is 0 Å². The molecule has 0 spiro atoms.